The summed E-state index contributed by atoms with van der Waals surface area (Å²) in [5.41, 5.74) is 6.97. The average molecular weight is 279 g/mol. The van der Waals surface area contributed by atoms with Gasteiger partial charge >= 0.3 is 0 Å². The number of hydrogen-bond acceptors (Lipinski definition) is 5. The van der Waals surface area contributed by atoms with Gasteiger partial charge < -0.3 is 10.5 Å². The van der Waals surface area contributed by atoms with Crippen LogP contribution in [0, 0.1) is 10.1 Å². The van der Waals surface area contributed by atoms with Gasteiger partial charge in [-0.3, -0.25) is 15.0 Å². The number of nitro benzene ring substituents is 1. The highest BCUT2D eigenvalue weighted by molar-refractivity contribution is 5.35. The molecule has 1 fully saturated rings. The number of benzene rings is 1. The minimum atomic E-state index is -0.361. The zero-order valence-corrected chi connectivity index (χ0v) is 11.9. The van der Waals surface area contributed by atoms with Crippen LogP contribution in [0.3, 0.4) is 0 Å². The van der Waals surface area contributed by atoms with Crippen LogP contribution < -0.4 is 5.73 Å². The standard InChI is InChI=1S/C14H21N3O3/c1-10(15)14-9-16(6-7-20-14)11(2)12-4-3-5-13(8-12)17(18)19/h3-5,8,10-11,14H,6-7,9,15H2,1-2H3. The summed E-state index contributed by atoms with van der Waals surface area (Å²) in [6.07, 6.45) is 0.0184. The predicted molar refractivity (Wildman–Crippen MR) is 76.5 cm³/mol. The average Bonchev–Trinajstić information content (AvgIpc) is 2.46. The monoisotopic (exact) mass is 279 g/mol. The summed E-state index contributed by atoms with van der Waals surface area (Å²) in [5.74, 6) is 0. The number of nitrogens with two attached hydrogens (primary N) is 1. The molecule has 1 aliphatic heterocycles. The Labute approximate surface area is 118 Å². The third-order valence-corrected chi connectivity index (χ3v) is 3.82. The van der Waals surface area contributed by atoms with Crippen molar-refractivity contribution in [1.82, 2.24) is 4.90 Å². The topological polar surface area (TPSA) is 81.6 Å². The molecule has 1 aromatic rings. The minimum absolute atomic E-state index is 0.0184. The van der Waals surface area contributed by atoms with E-state index in [2.05, 4.69) is 11.8 Å². The molecule has 2 N–H and O–H groups in total. The van der Waals surface area contributed by atoms with E-state index in [0.29, 0.717) is 6.61 Å². The molecule has 110 valence electrons. The molecule has 0 aromatic heterocycles. The second kappa shape index (κ2) is 6.30. The lowest BCUT2D eigenvalue weighted by Crippen LogP contribution is -2.50. The van der Waals surface area contributed by atoms with Gasteiger partial charge in [-0.25, -0.2) is 0 Å². The fraction of sp³-hybridized carbons (Fsp3) is 0.571. The minimum Gasteiger partial charge on any atom is -0.374 e. The Kier molecular flexibility index (Phi) is 4.69. The van der Waals surface area contributed by atoms with Crippen LogP contribution in [0.15, 0.2) is 24.3 Å². The largest absolute Gasteiger partial charge is 0.374 e. The van der Waals surface area contributed by atoms with Crippen molar-refractivity contribution in [2.24, 2.45) is 5.73 Å². The summed E-state index contributed by atoms with van der Waals surface area (Å²) in [6.45, 7) is 6.20. The van der Waals surface area contributed by atoms with E-state index in [9.17, 15) is 10.1 Å². The number of ether oxygens (including phenoxy) is 1. The zero-order chi connectivity index (χ0) is 14.7. The van der Waals surface area contributed by atoms with Crippen molar-refractivity contribution >= 4 is 5.69 Å². The fourth-order valence-electron chi connectivity index (χ4n) is 2.48. The van der Waals surface area contributed by atoms with Crippen molar-refractivity contribution < 1.29 is 9.66 Å². The Morgan fingerprint density at radius 1 is 1.50 bits per heavy atom. The van der Waals surface area contributed by atoms with E-state index in [4.69, 9.17) is 10.5 Å². The quantitative estimate of drug-likeness (QED) is 0.670. The Morgan fingerprint density at radius 2 is 2.25 bits per heavy atom. The molecule has 0 spiro atoms. The van der Waals surface area contributed by atoms with E-state index in [1.165, 1.54) is 6.07 Å². The molecule has 1 saturated heterocycles. The van der Waals surface area contributed by atoms with Gasteiger partial charge in [0.2, 0.25) is 0 Å². The highest BCUT2D eigenvalue weighted by Gasteiger charge is 2.27. The highest BCUT2D eigenvalue weighted by atomic mass is 16.6. The number of non-ortho nitro benzene ring substituents is 1. The molecule has 2 rings (SSSR count). The zero-order valence-electron chi connectivity index (χ0n) is 11.9. The first-order valence-electron chi connectivity index (χ1n) is 6.84. The van der Waals surface area contributed by atoms with Gasteiger partial charge in [0.25, 0.3) is 5.69 Å². The molecular weight excluding hydrogens is 258 g/mol. The molecule has 6 heteroatoms. The third kappa shape index (κ3) is 3.33. The summed E-state index contributed by atoms with van der Waals surface area (Å²) in [4.78, 5) is 12.7. The molecule has 20 heavy (non-hydrogen) atoms. The number of hydrogen-bond donors (Lipinski definition) is 1. The summed E-state index contributed by atoms with van der Waals surface area (Å²) in [7, 11) is 0. The smallest absolute Gasteiger partial charge is 0.269 e. The van der Waals surface area contributed by atoms with Crippen LogP contribution in [0.1, 0.15) is 25.5 Å². The SMILES string of the molecule is CC(N)C1CN(C(C)c2cccc([N+](=O)[O-])c2)CCO1. The maximum atomic E-state index is 10.8. The van der Waals surface area contributed by atoms with Crippen LogP contribution in [-0.4, -0.2) is 41.7 Å². The number of morpholine rings is 1. The van der Waals surface area contributed by atoms with Crippen LogP contribution in [0.5, 0.6) is 0 Å². The van der Waals surface area contributed by atoms with Crippen molar-refractivity contribution in [2.45, 2.75) is 32.0 Å². The van der Waals surface area contributed by atoms with Crippen LogP contribution in [0.25, 0.3) is 0 Å². The summed E-state index contributed by atoms with van der Waals surface area (Å²) >= 11 is 0. The summed E-state index contributed by atoms with van der Waals surface area (Å²) in [6, 6.07) is 6.90. The maximum absolute atomic E-state index is 10.8. The first kappa shape index (κ1) is 14.9. The van der Waals surface area contributed by atoms with Crippen molar-refractivity contribution in [2.75, 3.05) is 19.7 Å². The fourth-order valence-corrected chi connectivity index (χ4v) is 2.48. The molecule has 1 heterocycles. The molecule has 0 saturated carbocycles. The van der Waals surface area contributed by atoms with E-state index in [0.717, 1.165) is 18.7 Å². The number of nitrogens with zero attached hydrogens (tertiary/aromatic N) is 2. The Balaban J connectivity index is 2.12. The Bertz CT molecular complexity index is 478. The van der Waals surface area contributed by atoms with Gasteiger partial charge in [-0.05, 0) is 19.4 Å². The van der Waals surface area contributed by atoms with Crippen LogP contribution in [0.2, 0.25) is 0 Å². The first-order valence-corrected chi connectivity index (χ1v) is 6.84. The van der Waals surface area contributed by atoms with Gasteiger partial charge in [0.1, 0.15) is 0 Å². The molecule has 3 unspecified atom stereocenters. The van der Waals surface area contributed by atoms with Gasteiger partial charge in [-0.15, -0.1) is 0 Å². The van der Waals surface area contributed by atoms with E-state index in [-0.39, 0.29) is 28.8 Å². The predicted octanol–water partition coefficient (Wildman–Crippen LogP) is 1.70. The molecular formula is C14H21N3O3. The molecule has 3 atom stereocenters. The normalized spacial score (nSPS) is 23.2. The molecule has 1 aromatic carbocycles. The van der Waals surface area contributed by atoms with E-state index < -0.39 is 0 Å². The van der Waals surface area contributed by atoms with Crippen LogP contribution >= 0.6 is 0 Å². The lowest BCUT2D eigenvalue weighted by molar-refractivity contribution is -0.385. The van der Waals surface area contributed by atoms with E-state index in [1.54, 1.807) is 12.1 Å². The number of rotatable bonds is 4. The first-order chi connectivity index (χ1) is 9.49. The lowest BCUT2D eigenvalue weighted by Gasteiger charge is -2.38. The lowest BCUT2D eigenvalue weighted by atomic mass is 10.0. The van der Waals surface area contributed by atoms with Crippen LogP contribution in [-0.2, 0) is 4.74 Å². The molecule has 0 bridgehead atoms. The van der Waals surface area contributed by atoms with Crippen LogP contribution in [0.4, 0.5) is 5.69 Å². The van der Waals surface area contributed by atoms with Crippen molar-refractivity contribution in [3.63, 3.8) is 0 Å². The van der Waals surface area contributed by atoms with Gasteiger partial charge in [0, 0.05) is 37.3 Å². The highest BCUT2D eigenvalue weighted by Crippen LogP contribution is 2.25. The van der Waals surface area contributed by atoms with E-state index in [1.807, 2.05) is 13.0 Å². The molecule has 0 radical (unpaired) electrons. The Hall–Kier alpha value is -1.50. The molecule has 1 aliphatic rings. The van der Waals surface area contributed by atoms with E-state index >= 15 is 0 Å². The second-order valence-electron chi connectivity index (χ2n) is 5.29. The van der Waals surface area contributed by atoms with Gasteiger partial charge in [-0.2, -0.15) is 0 Å². The molecule has 6 nitrogen and oxygen atoms in total. The Morgan fingerprint density at radius 3 is 2.90 bits per heavy atom. The molecule has 0 amide bonds. The second-order valence-corrected chi connectivity index (χ2v) is 5.29. The van der Waals surface area contributed by atoms with Gasteiger partial charge in [-0.1, -0.05) is 12.1 Å². The summed E-state index contributed by atoms with van der Waals surface area (Å²) < 4.78 is 5.64. The van der Waals surface area contributed by atoms with Gasteiger partial charge in [0.15, 0.2) is 0 Å². The summed E-state index contributed by atoms with van der Waals surface area (Å²) in [5, 5.41) is 10.8. The van der Waals surface area contributed by atoms with Crippen molar-refractivity contribution in [3.05, 3.63) is 39.9 Å². The maximum Gasteiger partial charge on any atom is 0.269 e. The number of nitro groups is 1. The third-order valence-electron chi connectivity index (χ3n) is 3.82. The van der Waals surface area contributed by atoms with Crippen molar-refractivity contribution in [3.8, 4) is 0 Å². The molecule has 0 aliphatic carbocycles. The van der Waals surface area contributed by atoms with Gasteiger partial charge in [0.05, 0.1) is 17.6 Å². The van der Waals surface area contributed by atoms with Crippen molar-refractivity contribution in [1.29, 1.82) is 0 Å².